The number of alkyl halides is 3. The van der Waals surface area contributed by atoms with Crippen LogP contribution in [0.25, 0.3) is 0 Å². The fourth-order valence-electron chi connectivity index (χ4n) is 2.63. The Morgan fingerprint density at radius 1 is 1.00 bits per heavy atom. The Balaban J connectivity index is 2.30. The molecular formula is C18H19F4N. The van der Waals surface area contributed by atoms with Crippen molar-refractivity contribution < 1.29 is 17.6 Å². The highest BCUT2D eigenvalue weighted by Gasteiger charge is 2.34. The van der Waals surface area contributed by atoms with Crippen LogP contribution in [0.5, 0.6) is 0 Å². The minimum Gasteiger partial charge on any atom is -0.255 e. The van der Waals surface area contributed by atoms with Gasteiger partial charge >= 0.3 is 6.18 Å². The average molecular weight is 325 g/mol. The van der Waals surface area contributed by atoms with E-state index in [4.69, 9.17) is 0 Å². The van der Waals surface area contributed by atoms with Crippen LogP contribution in [0.15, 0.2) is 36.4 Å². The Morgan fingerprint density at radius 2 is 1.65 bits per heavy atom. The fourth-order valence-corrected chi connectivity index (χ4v) is 2.63. The molecule has 124 valence electrons. The summed E-state index contributed by atoms with van der Waals surface area (Å²) in [5.74, 6) is -0.828. The van der Waals surface area contributed by atoms with Crippen LogP contribution in [-0.2, 0) is 12.6 Å². The molecule has 5 heteroatoms. The Hall–Kier alpha value is -1.91. The zero-order valence-corrected chi connectivity index (χ0v) is 13.3. The highest BCUT2D eigenvalue weighted by molar-refractivity contribution is 5.33. The van der Waals surface area contributed by atoms with Gasteiger partial charge in [0.1, 0.15) is 5.82 Å². The number of halogens is 4. The van der Waals surface area contributed by atoms with Crippen molar-refractivity contribution in [2.24, 2.45) is 0 Å². The Morgan fingerprint density at radius 3 is 2.26 bits per heavy atom. The number of benzene rings is 1. The standard InChI is InChI=1S/C18H19F4N/c1-11(2)17-16(19)9-8-13(23-17)10-12(3)14-6-4-5-7-15(14)18(20,21)22/h4-9,11-12H,10H2,1-3H3. The molecule has 0 aliphatic heterocycles. The molecule has 0 radical (unpaired) electrons. The van der Waals surface area contributed by atoms with Crippen LogP contribution in [0.4, 0.5) is 17.6 Å². The Bertz CT molecular complexity index is 677. The van der Waals surface area contributed by atoms with Crippen LogP contribution in [0.3, 0.4) is 0 Å². The summed E-state index contributed by atoms with van der Waals surface area (Å²) in [6, 6.07) is 8.42. The molecule has 0 saturated heterocycles. The molecule has 0 bridgehead atoms. The number of pyridine rings is 1. The van der Waals surface area contributed by atoms with E-state index < -0.39 is 11.7 Å². The molecular weight excluding hydrogens is 306 g/mol. The predicted octanol–water partition coefficient (Wildman–Crippen LogP) is 5.71. The smallest absolute Gasteiger partial charge is 0.255 e. The quantitative estimate of drug-likeness (QED) is 0.656. The van der Waals surface area contributed by atoms with E-state index >= 15 is 0 Å². The topological polar surface area (TPSA) is 12.9 Å². The summed E-state index contributed by atoms with van der Waals surface area (Å²) in [6.07, 6.45) is -4.06. The maximum absolute atomic E-state index is 13.7. The predicted molar refractivity (Wildman–Crippen MR) is 81.8 cm³/mol. The van der Waals surface area contributed by atoms with Crippen molar-refractivity contribution in [2.45, 2.75) is 45.2 Å². The van der Waals surface area contributed by atoms with E-state index in [2.05, 4.69) is 4.98 Å². The van der Waals surface area contributed by atoms with Crippen LogP contribution in [0, 0.1) is 5.82 Å². The van der Waals surface area contributed by atoms with E-state index in [1.165, 1.54) is 24.3 Å². The van der Waals surface area contributed by atoms with Crippen LogP contribution in [0.2, 0.25) is 0 Å². The molecule has 1 heterocycles. The maximum Gasteiger partial charge on any atom is 0.416 e. The van der Waals surface area contributed by atoms with Crippen LogP contribution < -0.4 is 0 Å². The first-order chi connectivity index (χ1) is 10.7. The summed E-state index contributed by atoms with van der Waals surface area (Å²) in [6.45, 7) is 5.39. The lowest BCUT2D eigenvalue weighted by atomic mass is 9.91. The average Bonchev–Trinajstić information content (AvgIpc) is 2.48. The third-order valence-corrected chi connectivity index (χ3v) is 3.79. The lowest BCUT2D eigenvalue weighted by molar-refractivity contribution is -0.138. The molecule has 23 heavy (non-hydrogen) atoms. The minimum atomic E-state index is -4.38. The second-order valence-electron chi connectivity index (χ2n) is 6.01. The van der Waals surface area contributed by atoms with E-state index in [1.54, 1.807) is 13.0 Å². The third kappa shape index (κ3) is 4.09. The van der Waals surface area contributed by atoms with Gasteiger partial charge < -0.3 is 0 Å². The Labute approximate surface area is 133 Å². The summed E-state index contributed by atoms with van der Waals surface area (Å²) in [5.41, 5.74) is 0.550. The number of hydrogen-bond acceptors (Lipinski definition) is 1. The summed E-state index contributed by atoms with van der Waals surface area (Å²) in [4.78, 5) is 4.27. The normalized spacial score (nSPS) is 13.4. The summed E-state index contributed by atoms with van der Waals surface area (Å²) < 4.78 is 53.0. The van der Waals surface area contributed by atoms with Crippen molar-refractivity contribution in [3.8, 4) is 0 Å². The molecule has 0 aliphatic carbocycles. The van der Waals surface area contributed by atoms with Gasteiger partial charge in [-0.25, -0.2) is 4.39 Å². The van der Waals surface area contributed by atoms with Crippen molar-refractivity contribution in [3.63, 3.8) is 0 Å². The molecule has 1 aromatic carbocycles. The fraction of sp³-hybridized carbons (Fsp3) is 0.389. The molecule has 0 aliphatic rings. The van der Waals surface area contributed by atoms with Crippen molar-refractivity contribution in [3.05, 3.63) is 64.7 Å². The van der Waals surface area contributed by atoms with Crippen molar-refractivity contribution in [1.82, 2.24) is 4.98 Å². The van der Waals surface area contributed by atoms with E-state index in [0.29, 0.717) is 17.8 Å². The van der Waals surface area contributed by atoms with Crippen LogP contribution in [-0.4, -0.2) is 4.98 Å². The van der Waals surface area contributed by atoms with Gasteiger partial charge in [0, 0.05) is 5.69 Å². The van der Waals surface area contributed by atoms with E-state index in [9.17, 15) is 17.6 Å². The molecule has 0 N–H and O–H groups in total. The second kappa shape index (κ2) is 6.69. The number of rotatable bonds is 4. The lowest BCUT2D eigenvalue weighted by Gasteiger charge is -2.18. The molecule has 0 amide bonds. The first-order valence-corrected chi connectivity index (χ1v) is 7.51. The summed E-state index contributed by atoms with van der Waals surface area (Å²) >= 11 is 0. The molecule has 2 aromatic rings. The summed E-state index contributed by atoms with van der Waals surface area (Å²) in [5, 5.41) is 0. The van der Waals surface area contributed by atoms with Crippen molar-refractivity contribution >= 4 is 0 Å². The molecule has 0 fully saturated rings. The van der Waals surface area contributed by atoms with Gasteiger partial charge in [-0.15, -0.1) is 0 Å². The van der Waals surface area contributed by atoms with Gasteiger partial charge in [-0.2, -0.15) is 13.2 Å². The lowest BCUT2D eigenvalue weighted by Crippen LogP contribution is -2.12. The largest absolute Gasteiger partial charge is 0.416 e. The van der Waals surface area contributed by atoms with Gasteiger partial charge in [0.2, 0.25) is 0 Å². The van der Waals surface area contributed by atoms with Gasteiger partial charge in [-0.1, -0.05) is 39.0 Å². The monoisotopic (exact) mass is 325 g/mol. The highest BCUT2D eigenvalue weighted by atomic mass is 19.4. The molecule has 0 spiro atoms. The van der Waals surface area contributed by atoms with E-state index in [-0.39, 0.29) is 23.2 Å². The minimum absolute atomic E-state index is 0.0762. The Kier molecular flexibility index (Phi) is 5.07. The maximum atomic E-state index is 13.7. The number of hydrogen-bond donors (Lipinski definition) is 0. The van der Waals surface area contributed by atoms with Crippen LogP contribution >= 0.6 is 0 Å². The van der Waals surface area contributed by atoms with Gasteiger partial charge in [0.25, 0.3) is 0 Å². The van der Waals surface area contributed by atoms with Gasteiger partial charge in [0.15, 0.2) is 0 Å². The van der Waals surface area contributed by atoms with Crippen molar-refractivity contribution in [1.29, 1.82) is 0 Å². The third-order valence-electron chi connectivity index (χ3n) is 3.79. The number of nitrogens with zero attached hydrogens (tertiary/aromatic N) is 1. The molecule has 1 nitrogen and oxygen atoms in total. The number of aromatic nitrogens is 1. The highest BCUT2D eigenvalue weighted by Crippen LogP contribution is 2.36. The van der Waals surface area contributed by atoms with Crippen molar-refractivity contribution in [2.75, 3.05) is 0 Å². The first kappa shape index (κ1) is 17.4. The van der Waals surface area contributed by atoms with Gasteiger partial charge in [-0.05, 0) is 42.0 Å². The van der Waals surface area contributed by atoms with Gasteiger partial charge in [-0.3, -0.25) is 4.98 Å². The van der Waals surface area contributed by atoms with Crippen LogP contribution in [0.1, 0.15) is 55.1 Å². The zero-order chi connectivity index (χ0) is 17.2. The van der Waals surface area contributed by atoms with Gasteiger partial charge in [0.05, 0.1) is 11.3 Å². The first-order valence-electron chi connectivity index (χ1n) is 7.51. The molecule has 1 atom stereocenters. The molecule has 1 unspecified atom stereocenters. The van der Waals surface area contributed by atoms with E-state index in [0.717, 1.165) is 6.07 Å². The molecule has 2 rings (SSSR count). The second-order valence-corrected chi connectivity index (χ2v) is 6.01. The van der Waals surface area contributed by atoms with E-state index in [1.807, 2.05) is 13.8 Å². The zero-order valence-electron chi connectivity index (χ0n) is 13.3. The molecule has 1 aromatic heterocycles. The summed E-state index contributed by atoms with van der Waals surface area (Å²) in [7, 11) is 0. The molecule has 0 saturated carbocycles. The SMILES string of the molecule is CC(C)c1nc(CC(C)c2ccccc2C(F)(F)F)ccc1F.